The summed E-state index contributed by atoms with van der Waals surface area (Å²) in [5, 5.41) is 7.03. The molecular weight excluding hydrogens is 278 g/mol. The minimum absolute atomic E-state index is 0.0604. The number of hydrogen-bond acceptors (Lipinski definition) is 4. The van der Waals surface area contributed by atoms with Crippen LogP contribution in [0.15, 0.2) is 6.07 Å². The first-order chi connectivity index (χ1) is 9.61. The summed E-state index contributed by atoms with van der Waals surface area (Å²) in [5.74, 6) is 0.789. The van der Waals surface area contributed by atoms with Gasteiger partial charge in [0.2, 0.25) is 10.0 Å². The van der Waals surface area contributed by atoms with Crippen molar-refractivity contribution in [3.63, 3.8) is 0 Å². The molecule has 2 rings (SSSR count). The van der Waals surface area contributed by atoms with Gasteiger partial charge in [-0.1, -0.05) is 25.7 Å². The van der Waals surface area contributed by atoms with Crippen LogP contribution in [-0.2, 0) is 14.8 Å². The van der Waals surface area contributed by atoms with Crippen LogP contribution in [0.5, 0.6) is 0 Å². The number of aromatic nitrogens is 2. The molecule has 7 heteroatoms. The molecule has 0 amide bonds. The standard InChI is InChI=1S/C13H23N3O3S/c1-19-8-9-20(17,18)16-13-10-12(14-15-13)11-6-4-2-3-5-7-11/h10-11H,2-9H2,1H3,(H2,14,15,16). The predicted octanol–water partition coefficient (Wildman–Crippen LogP) is 2.24. The lowest BCUT2D eigenvalue weighted by atomic mass is 9.97. The topological polar surface area (TPSA) is 84.1 Å². The number of sulfonamides is 1. The van der Waals surface area contributed by atoms with Crippen LogP contribution in [0.4, 0.5) is 5.82 Å². The maximum absolute atomic E-state index is 11.8. The van der Waals surface area contributed by atoms with E-state index in [2.05, 4.69) is 14.9 Å². The number of rotatable bonds is 6. The number of nitrogens with one attached hydrogen (secondary N) is 2. The second kappa shape index (κ2) is 7.08. The van der Waals surface area contributed by atoms with E-state index in [1.165, 1.54) is 32.8 Å². The van der Waals surface area contributed by atoms with E-state index in [9.17, 15) is 8.42 Å². The quantitative estimate of drug-likeness (QED) is 0.789. The van der Waals surface area contributed by atoms with Gasteiger partial charge in [0.15, 0.2) is 5.82 Å². The molecule has 0 aromatic carbocycles. The number of hydrogen-bond donors (Lipinski definition) is 2. The van der Waals surface area contributed by atoms with Gasteiger partial charge in [-0.05, 0) is 12.8 Å². The third-order valence-electron chi connectivity index (χ3n) is 3.71. The Balaban J connectivity index is 1.97. The first kappa shape index (κ1) is 15.3. The first-order valence-electron chi connectivity index (χ1n) is 7.15. The number of nitrogens with zero attached hydrogens (tertiary/aromatic N) is 1. The van der Waals surface area contributed by atoms with Crippen LogP contribution in [0.1, 0.15) is 50.1 Å². The van der Waals surface area contributed by atoms with Gasteiger partial charge >= 0.3 is 0 Å². The van der Waals surface area contributed by atoms with E-state index in [-0.39, 0.29) is 12.4 Å². The summed E-state index contributed by atoms with van der Waals surface area (Å²) >= 11 is 0. The van der Waals surface area contributed by atoms with Crippen molar-refractivity contribution in [2.45, 2.75) is 44.4 Å². The summed E-state index contributed by atoms with van der Waals surface area (Å²) in [7, 11) is -1.90. The van der Waals surface area contributed by atoms with E-state index in [1.807, 2.05) is 6.07 Å². The molecule has 0 saturated heterocycles. The molecule has 0 atom stereocenters. The van der Waals surface area contributed by atoms with Crippen molar-refractivity contribution in [2.75, 3.05) is 24.2 Å². The number of anilines is 1. The maximum Gasteiger partial charge on any atom is 0.236 e. The molecule has 0 spiro atoms. The van der Waals surface area contributed by atoms with Crippen molar-refractivity contribution in [2.24, 2.45) is 0 Å². The highest BCUT2D eigenvalue weighted by molar-refractivity contribution is 7.92. The van der Waals surface area contributed by atoms with Gasteiger partial charge in [-0.25, -0.2) is 8.42 Å². The molecule has 1 aliphatic rings. The number of ether oxygens (including phenoxy) is 1. The van der Waals surface area contributed by atoms with Gasteiger partial charge in [-0.3, -0.25) is 9.82 Å². The van der Waals surface area contributed by atoms with Gasteiger partial charge in [0.05, 0.1) is 12.4 Å². The summed E-state index contributed by atoms with van der Waals surface area (Å²) in [6, 6.07) is 1.82. The van der Waals surface area contributed by atoms with Crippen molar-refractivity contribution in [3.05, 3.63) is 11.8 Å². The maximum atomic E-state index is 11.8. The molecule has 2 N–H and O–H groups in total. The summed E-state index contributed by atoms with van der Waals surface area (Å²) < 4.78 is 30.8. The van der Waals surface area contributed by atoms with E-state index in [0.29, 0.717) is 11.7 Å². The van der Waals surface area contributed by atoms with Crippen molar-refractivity contribution >= 4 is 15.8 Å². The predicted molar refractivity (Wildman–Crippen MR) is 78.3 cm³/mol. The van der Waals surface area contributed by atoms with Gasteiger partial charge in [0, 0.05) is 24.8 Å². The molecular formula is C13H23N3O3S. The second-order valence-corrected chi connectivity index (χ2v) is 7.15. The molecule has 0 bridgehead atoms. The van der Waals surface area contributed by atoms with Crippen molar-refractivity contribution in [1.29, 1.82) is 0 Å². The molecule has 1 aromatic heterocycles. The van der Waals surface area contributed by atoms with E-state index >= 15 is 0 Å². The van der Waals surface area contributed by atoms with Gasteiger partial charge in [-0.2, -0.15) is 5.10 Å². The lowest BCUT2D eigenvalue weighted by Crippen LogP contribution is -2.19. The first-order valence-corrected chi connectivity index (χ1v) is 8.81. The van der Waals surface area contributed by atoms with Gasteiger partial charge < -0.3 is 4.74 Å². The van der Waals surface area contributed by atoms with Gasteiger partial charge in [-0.15, -0.1) is 0 Å². The van der Waals surface area contributed by atoms with Crippen LogP contribution in [0.3, 0.4) is 0 Å². The zero-order valence-corrected chi connectivity index (χ0v) is 12.7. The summed E-state index contributed by atoms with van der Waals surface area (Å²) in [4.78, 5) is 0. The molecule has 1 fully saturated rings. The fourth-order valence-corrected chi connectivity index (χ4v) is 3.50. The molecule has 20 heavy (non-hydrogen) atoms. The smallest absolute Gasteiger partial charge is 0.236 e. The number of H-pyrrole nitrogens is 1. The van der Waals surface area contributed by atoms with E-state index in [0.717, 1.165) is 18.5 Å². The number of methoxy groups -OCH3 is 1. The van der Waals surface area contributed by atoms with Crippen molar-refractivity contribution < 1.29 is 13.2 Å². The van der Waals surface area contributed by atoms with Gasteiger partial charge in [0.1, 0.15) is 0 Å². The lowest BCUT2D eigenvalue weighted by molar-refractivity contribution is 0.217. The largest absolute Gasteiger partial charge is 0.384 e. The molecule has 1 saturated carbocycles. The zero-order valence-electron chi connectivity index (χ0n) is 11.9. The van der Waals surface area contributed by atoms with Crippen LogP contribution >= 0.6 is 0 Å². The van der Waals surface area contributed by atoms with Crippen molar-refractivity contribution in [3.8, 4) is 0 Å². The Bertz CT molecular complexity index is 505. The lowest BCUT2D eigenvalue weighted by Gasteiger charge is -2.10. The average Bonchev–Trinajstić information content (AvgIpc) is 2.70. The van der Waals surface area contributed by atoms with Crippen LogP contribution in [0, 0.1) is 0 Å². The summed E-state index contributed by atoms with van der Waals surface area (Å²) in [5.41, 5.74) is 1.04. The highest BCUT2D eigenvalue weighted by Gasteiger charge is 2.18. The number of aromatic amines is 1. The Morgan fingerprint density at radius 1 is 1.35 bits per heavy atom. The zero-order chi connectivity index (χ0) is 14.4. The molecule has 6 nitrogen and oxygen atoms in total. The van der Waals surface area contributed by atoms with E-state index in [1.54, 1.807) is 0 Å². The summed E-state index contributed by atoms with van der Waals surface area (Å²) in [6.07, 6.45) is 7.36. The molecule has 0 aliphatic heterocycles. The SMILES string of the molecule is COCCS(=O)(=O)Nc1cc(C2CCCCCC2)[nH]n1. The van der Waals surface area contributed by atoms with Crippen LogP contribution in [0.2, 0.25) is 0 Å². The Hall–Kier alpha value is -1.08. The minimum Gasteiger partial charge on any atom is -0.384 e. The van der Waals surface area contributed by atoms with E-state index in [4.69, 9.17) is 4.74 Å². The minimum atomic E-state index is -3.38. The molecule has 1 aromatic rings. The fourth-order valence-electron chi connectivity index (χ4n) is 2.59. The Labute approximate surface area is 120 Å². The highest BCUT2D eigenvalue weighted by Crippen LogP contribution is 2.31. The monoisotopic (exact) mass is 301 g/mol. The third kappa shape index (κ3) is 4.49. The Morgan fingerprint density at radius 2 is 2.05 bits per heavy atom. The highest BCUT2D eigenvalue weighted by atomic mass is 32.2. The van der Waals surface area contributed by atoms with Crippen LogP contribution < -0.4 is 4.72 Å². The normalized spacial score (nSPS) is 17.9. The molecule has 1 aliphatic carbocycles. The van der Waals surface area contributed by atoms with Gasteiger partial charge in [0.25, 0.3) is 0 Å². The molecule has 114 valence electrons. The van der Waals surface area contributed by atoms with Crippen LogP contribution in [0.25, 0.3) is 0 Å². The second-order valence-electron chi connectivity index (χ2n) is 5.31. The van der Waals surface area contributed by atoms with Crippen molar-refractivity contribution in [1.82, 2.24) is 10.2 Å². The van der Waals surface area contributed by atoms with E-state index < -0.39 is 10.0 Å². The fraction of sp³-hybridized carbons (Fsp3) is 0.769. The van der Waals surface area contributed by atoms with Crippen LogP contribution in [-0.4, -0.2) is 38.1 Å². The molecule has 0 radical (unpaired) electrons. The Kier molecular flexibility index (Phi) is 5.42. The average molecular weight is 301 g/mol. The molecule has 1 heterocycles. The third-order valence-corrected chi connectivity index (χ3v) is 4.93. The summed E-state index contributed by atoms with van der Waals surface area (Å²) in [6.45, 7) is 0.176. The molecule has 0 unspecified atom stereocenters. The Morgan fingerprint density at radius 3 is 2.70 bits per heavy atom.